The fourth-order valence-electron chi connectivity index (χ4n) is 1.93. The molecule has 0 spiro atoms. The zero-order valence-electron chi connectivity index (χ0n) is 12.9. The first-order chi connectivity index (χ1) is 12.0. The molecule has 0 saturated carbocycles. The van der Waals surface area contributed by atoms with E-state index < -0.39 is 10.8 Å². The SMILES string of the molecule is N#C/C(=C/NCc1cccc(Cl)c1)C(=O)Nc1ccc([N+](=O)[O-])cc1. The average Bonchev–Trinajstić information content (AvgIpc) is 2.59. The van der Waals surface area contributed by atoms with E-state index >= 15 is 0 Å². The summed E-state index contributed by atoms with van der Waals surface area (Å²) in [6, 6.07) is 14.3. The predicted octanol–water partition coefficient (Wildman–Crippen LogP) is 3.38. The molecule has 0 unspecified atom stereocenters. The largest absolute Gasteiger partial charge is 0.386 e. The number of nitro groups is 1. The van der Waals surface area contributed by atoms with Crippen LogP contribution in [0.4, 0.5) is 11.4 Å². The minimum Gasteiger partial charge on any atom is -0.386 e. The summed E-state index contributed by atoms with van der Waals surface area (Å²) < 4.78 is 0. The molecule has 8 heteroatoms. The first kappa shape index (κ1) is 18.0. The summed E-state index contributed by atoms with van der Waals surface area (Å²) in [5, 5.41) is 25.7. The van der Waals surface area contributed by atoms with Gasteiger partial charge in [0.05, 0.1) is 4.92 Å². The molecule has 0 aromatic heterocycles. The Morgan fingerprint density at radius 2 is 2.00 bits per heavy atom. The molecule has 0 aliphatic heterocycles. The second-order valence-corrected chi connectivity index (χ2v) is 5.38. The van der Waals surface area contributed by atoms with Crippen molar-refractivity contribution >= 4 is 28.9 Å². The molecule has 2 rings (SSSR count). The summed E-state index contributed by atoms with van der Waals surface area (Å²) in [7, 11) is 0. The molecule has 0 saturated heterocycles. The standard InChI is InChI=1S/C17H13ClN4O3/c18-14-3-1-2-12(8-14)10-20-11-13(9-19)17(23)21-15-4-6-16(7-5-15)22(24)25/h1-8,11,20H,10H2,(H,21,23)/b13-11-. The lowest BCUT2D eigenvalue weighted by atomic mass is 10.2. The number of nitrogens with one attached hydrogen (secondary N) is 2. The summed E-state index contributed by atoms with van der Waals surface area (Å²) in [5.41, 5.74) is 1.04. The highest BCUT2D eigenvalue weighted by Gasteiger charge is 2.10. The molecule has 25 heavy (non-hydrogen) atoms. The average molecular weight is 357 g/mol. The molecule has 1 amide bonds. The van der Waals surface area contributed by atoms with E-state index in [9.17, 15) is 14.9 Å². The number of nitrogens with zero attached hydrogens (tertiary/aromatic N) is 2. The van der Waals surface area contributed by atoms with Gasteiger partial charge in [0, 0.05) is 35.6 Å². The van der Waals surface area contributed by atoms with E-state index in [4.69, 9.17) is 16.9 Å². The number of halogens is 1. The number of benzene rings is 2. The summed E-state index contributed by atoms with van der Waals surface area (Å²) in [6.07, 6.45) is 1.31. The molecular weight excluding hydrogens is 344 g/mol. The Labute approximate surface area is 148 Å². The van der Waals surface area contributed by atoms with Gasteiger partial charge in [0.1, 0.15) is 11.6 Å². The van der Waals surface area contributed by atoms with Crippen molar-refractivity contribution in [1.29, 1.82) is 5.26 Å². The third-order valence-corrected chi connectivity index (χ3v) is 3.38. The normalized spacial score (nSPS) is 10.6. The molecule has 0 bridgehead atoms. The number of carbonyl (C=O) groups excluding carboxylic acids is 1. The Kier molecular flexibility index (Phi) is 6.09. The van der Waals surface area contributed by atoms with Crippen LogP contribution in [0.5, 0.6) is 0 Å². The molecule has 0 aliphatic rings. The lowest BCUT2D eigenvalue weighted by Gasteiger charge is -2.05. The van der Waals surface area contributed by atoms with E-state index in [0.717, 1.165) is 5.56 Å². The third-order valence-electron chi connectivity index (χ3n) is 3.14. The van der Waals surface area contributed by atoms with Crippen LogP contribution in [-0.2, 0) is 11.3 Å². The predicted molar refractivity (Wildman–Crippen MR) is 93.7 cm³/mol. The van der Waals surface area contributed by atoms with Crippen LogP contribution in [0.25, 0.3) is 0 Å². The number of anilines is 1. The summed E-state index contributed by atoms with van der Waals surface area (Å²) in [5.74, 6) is -0.616. The van der Waals surface area contributed by atoms with Crippen molar-refractivity contribution < 1.29 is 9.72 Å². The van der Waals surface area contributed by atoms with Crippen molar-refractivity contribution in [1.82, 2.24) is 5.32 Å². The number of amides is 1. The van der Waals surface area contributed by atoms with Crippen molar-refractivity contribution in [3.8, 4) is 6.07 Å². The monoisotopic (exact) mass is 356 g/mol. The number of non-ortho nitro benzene ring substituents is 1. The zero-order valence-corrected chi connectivity index (χ0v) is 13.7. The van der Waals surface area contributed by atoms with E-state index in [0.29, 0.717) is 17.3 Å². The minimum atomic E-state index is -0.616. The Hall–Kier alpha value is -3.37. The van der Waals surface area contributed by atoms with E-state index in [-0.39, 0.29) is 11.3 Å². The molecule has 0 fully saturated rings. The molecule has 126 valence electrons. The second-order valence-electron chi connectivity index (χ2n) is 4.94. The maximum Gasteiger partial charge on any atom is 0.269 e. The Bertz CT molecular complexity index is 857. The van der Waals surface area contributed by atoms with E-state index in [1.165, 1.54) is 30.5 Å². The Balaban J connectivity index is 1.97. The van der Waals surface area contributed by atoms with Gasteiger partial charge in [0.25, 0.3) is 11.6 Å². The molecule has 0 heterocycles. The molecule has 0 radical (unpaired) electrons. The van der Waals surface area contributed by atoms with Crippen molar-refractivity contribution in [2.24, 2.45) is 0 Å². The van der Waals surface area contributed by atoms with Gasteiger partial charge in [-0.05, 0) is 29.8 Å². The van der Waals surface area contributed by atoms with Gasteiger partial charge in [-0.15, -0.1) is 0 Å². The van der Waals surface area contributed by atoms with Crippen LogP contribution in [0.3, 0.4) is 0 Å². The fourth-order valence-corrected chi connectivity index (χ4v) is 2.14. The molecular formula is C17H13ClN4O3. The molecule has 2 aromatic rings. The number of nitriles is 1. The van der Waals surface area contributed by atoms with E-state index in [1.54, 1.807) is 24.3 Å². The minimum absolute atomic E-state index is 0.0859. The van der Waals surface area contributed by atoms with Gasteiger partial charge in [-0.2, -0.15) is 5.26 Å². The number of nitro benzene ring substituents is 1. The van der Waals surface area contributed by atoms with Gasteiger partial charge >= 0.3 is 0 Å². The molecule has 2 aromatic carbocycles. The number of hydrogen-bond donors (Lipinski definition) is 2. The van der Waals surface area contributed by atoms with Crippen LogP contribution in [0.15, 0.2) is 60.3 Å². The highest BCUT2D eigenvalue weighted by molar-refractivity contribution is 6.30. The molecule has 7 nitrogen and oxygen atoms in total. The maximum absolute atomic E-state index is 12.1. The number of hydrogen-bond acceptors (Lipinski definition) is 5. The molecule has 0 aliphatic carbocycles. The van der Waals surface area contributed by atoms with Gasteiger partial charge in [-0.1, -0.05) is 23.7 Å². The molecule has 2 N–H and O–H groups in total. The van der Waals surface area contributed by atoms with Gasteiger partial charge < -0.3 is 10.6 Å². The Morgan fingerprint density at radius 1 is 1.28 bits per heavy atom. The lowest BCUT2D eigenvalue weighted by molar-refractivity contribution is -0.384. The highest BCUT2D eigenvalue weighted by Crippen LogP contribution is 2.16. The van der Waals surface area contributed by atoms with Gasteiger partial charge in [0.15, 0.2) is 0 Å². The number of carbonyl (C=O) groups is 1. The van der Waals surface area contributed by atoms with E-state index in [1.807, 2.05) is 6.07 Å². The summed E-state index contributed by atoms with van der Waals surface area (Å²) in [4.78, 5) is 22.1. The molecule has 0 atom stereocenters. The quantitative estimate of drug-likeness (QED) is 0.357. The Morgan fingerprint density at radius 3 is 2.60 bits per heavy atom. The third kappa shape index (κ3) is 5.34. The van der Waals surface area contributed by atoms with Gasteiger partial charge in [0.2, 0.25) is 0 Å². The van der Waals surface area contributed by atoms with Crippen LogP contribution in [-0.4, -0.2) is 10.8 Å². The van der Waals surface area contributed by atoms with Crippen molar-refractivity contribution in [2.45, 2.75) is 6.54 Å². The van der Waals surface area contributed by atoms with Crippen LogP contribution in [0.2, 0.25) is 5.02 Å². The van der Waals surface area contributed by atoms with Crippen LogP contribution in [0, 0.1) is 21.4 Å². The van der Waals surface area contributed by atoms with Crippen molar-refractivity contribution in [3.63, 3.8) is 0 Å². The van der Waals surface area contributed by atoms with Crippen LogP contribution in [0.1, 0.15) is 5.56 Å². The smallest absolute Gasteiger partial charge is 0.269 e. The first-order valence-electron chi connectivity index (χ1n) is 7.13. The first-order valence-corrected chi connectivity index (χ1v) is 7.51. The topological polar surface area (TPSA) is 108 Å². The van der Waals surface area contributed by atoms with Crippen LogP contribution < -0.4 is 10.6 Å². The lowest BCUT2D eigenvalue weighted by Crippen LogP contribution is -2.16. The highest BCUT2D eigenvalue weighted by atomic mass is 35.5. The summed E-state index contributed by atoms with van der Waals surface area (Å²) >= 11 is 5.88. The zero-order chi connectivity index (χ0) is 18.2. The second kappa shape index (κ2) is 8.47. The van der Waals surface area contributed by atoms with Crippen molar-refractivity contribution in [3.05, 3.63) is 81.0 Å². The van der Waals surface area contributed by atoms with E-state index in [2.05, 4.69) is 10.6 Å². The maximum atomic E-state index is 12.1. The van der Waals surface area contributed by atoms with Gasteiger partial charge in [-0.3, -0.25) is 14.9 Å². The van der Waals surface area contributed by atoms with Crippen molar-refractivity contribution in [2.75, 3.05) is 5.32 Å². The summed E-state index contributed by atoms with van der Waals surface area (Å²) in [6.45, 7) is 0.399. The van der Waals surface area contributed by atoms with Crippen LogP contribution >= 0.6 is 11.6 Å². The van der Waals surface area contributed by atoms with Gasteiger partial charge in [-0.25, -0.2) is 0 Å². The fraction of sp³-hybridized carbons (Fsp3) is 0.0588. The number of rotatable bonds is 6.